The second kappa shape index (κ2) is 7.65. The molecule has 156 valence electrons. The molecule has 0 aromatic carbocycles. The number of piperazine rings is 1. The van der Waals surface area contributed by atoms with E-state index in [2.05, 4.69) is 15.6 Å². The fraction of sp³-hybridized carbons (Fsp3) is 0.421. The Balaban J connectivity index is 1.91. The van der Waals surface area contributed by atoms with Crippen LogP contribution in [0.25, 0.3) is 6.08 Å². The number of hydrogen-bond donors (Lipinski definition) is 6. The van der Waals surface area contributed by atoms with Crippen LogP contribution >= 0.6 is 0 Å². The number of nitrogens with one attached hydrogen (secondary N) is 2. The van der Waals surface area contributed by atoms with Gasteiger partial charge < -0.3 is 35.8 Å². The largest absolute Gasteiger partial charge is 0.393 e. The van der Waals surface area contributed by atoms with Crippen LogP contribution in [0.1, 0.15) is 19.0 Å². The van der Waals surface area contributed by atoms with Crippen LogP contribution in [0.4, 0.5) is 0 Å². The van der Waals surface area contributed by atoms with Crippen LogP contribution in [0.2, 0.25) is 0 Å². The summed E-state index contributed by atoms with van der Waals surface area (Å²) in [6.45, 7) is 0.0382. The predicted molar refractivity (Wildman–Crippen MR) is 99.6 cm³/mol. The Morgan fingerprint density at radius 3 is 2.76 bits per heavy atom. The van der Waals surface area contributed by atoms with Crippen molar-refractivity contribution in [3.05, 3.63) is 47.8 Å². The molecule has 0 saturated carbocycles. The minimum absolute atomic E-state index is 0.0481. The van der Waals surface area contributed by atoms with E-state index in [-0.39, 0.29) is 18.6 Å². The summed E-state index contributed by atoms with van der Waals surface area (Å²) in [4.78, 5) is 29.5. The van der Waals surface area contributed by atoms with Gasteiger partial charge in [-0.1, -0.05) is 18.2 Å². The van der Waals surface area contributed by atoms with E-state index in [4.69, 9.17) is 4.74 Å². The van der Waals surface area contributed by atoms with E-state index in [1.807, 2.05) is 0 Å². The summed E-state index contributed by atoms with van der Waals surface area (Å²) in [6.07, 6.45) is 4.37. The maximum absolute atomic E-state index is 12.7. The van der Waals surface area contributed by atoms with Gasteiger partial charge in [0.25, 0.3) is 17.5 Å². The van der Waals surface area contributed by atoms with Crippen LogP contribution in [0.15, 0.2) is 42.1 Å². The number of pyridine rings is 1. The third-order valence-electron chi connectivity index (χ3n) is 4.97. The molecule has 6 N–H and O–H groups in total. The van der Waals surface area contributed by atoms with Crippen molar-refractivity contribution in [2.24, 2.45) is 0 Å². The summed E-state index contributed by atoms with van der Waals surface area (Å²) in [5.41, 5.74) is -6.05. The van der Waals surface area contributed by atoms with Crippen molar-refractivity contribution in [1.29, 1.82) is 0 Å². The molecule has 2 amide bonds. The zero-order valence-corrected chi connectivity index (χ0v) is 15.7. The molecule has 0 unspecified atom stereocenters. The molecule has 4 rings (SSSR count). The number of fused-ring (bicyclic) bond motifs is 5. The highest BCUT2D eigenvalue weighted by Gasteiger charge is 2.63. The second-order valence-corrected chi connectivity index (χ2v) is 7.18. The zero-order valence-electron chi connectivity index (χ0n) is 15.7. The maximum Gasteiger partial charge on any atom is 0.280 e. The van der Waals surface area contributed by atoms with E-state index in [9.17, 15) is 30.0 Å². The van der Waals surface area contributed by atoms with Crippen molar-refractivity contribution in [3.63, 3.8) is 0 Å². The highest BCUT2D eigenvalue weighted by molar-refractivity contribution is 6.03. The lowest BCUT2D eigenvalue weighted by molar-refractivity contribution is -0.230. The standard InChI is InChI=1S/C19H23N3O7/c1-17(27,11-23)14(24)19-16(26)21-18(28,15(25)22-19)12(8-10-29-19)5-4-7-13-6-2-3-9-20-13/h2-7,9,14,23-24,27-28H,8,10-11H2,1H3,(H,21,26)(H,22,25)/b7-4+,12-5+/t14-,17-,18-,19+/m1/s1. The van der Waals surface area contributed by atoms with Crippen LogP contribution in [0.3, 0.4) is 0 Å². The van der Waals surface area contributed by atoms with Gasteiger partial charge in [-0.2, -0.15) is 0 Å². The molecule has 3 saturated heterocycles. The highest BCUT2D eigenvalue weighted by atomic mass is 16.5. The molecule has 10 nitrogen and oxygen atoms in total. The number of rotatable bonds is 5. The van der Waals surface area contributed by atoms with Gasteiger partial charge in [0.15, 0.2) is 0 Å². The number of hydrogen-bond acceptors (Lipinski definition) is 8. The van der Waals surface area contributed by atoms with Crippen LogP contribution in [-0.2, 0) is 14.3 Å². The Labute approximate surface area is 166 Å². The minimum Gasteiger partial charge on any atom is -0.393 e. The van der Waals surface area contributed by atoms with Gasteiger partial charge in [0.2, 0.25) is 5.72 Å². The molecule has 1 aromatic rings. The van der Waals surface area contributed by atoms with Crippen LogP contribution in [0, 0.1) is 0 Å². The number of carbonyl (C=O) groups is 2. The number of allylic oxidation sites excluding steroid dienone is 2. The minimum atomic E-state index is -2.36. The average molecular weight is 405 g/mol. The van der Waals surface area contributed by atoms with E-state index in [1.165, 1.54) is 6.08 Å². The molecular formula is C19H23N3O7. The fourth-order valence-corrected chi connectivity index (χ4v) is 3.20. The Morgan fingerprint density at radius 2 is 2.10 bits per heavy atom. The lowest BCUT2D eigenvalue weighted by Crippen LogP contribution is -2.82. The summed E-state index contributed by atoms with van der Waals surface area (Å²) in [5, 5.41) is 45.2. The molecule has 0 spiro atoms. The van der Waals surface area contributed by atoms with Gasteiger partial charge in [-0.25, -0.2) is 0 Å². The van der Waals surface area contributed by atoms with Crippen molar-refractivity contribution in [2.75, 3.05) is 13.2 Å². The molecule has 3 aliphatic rings. The molecule has 4 heterocycles. The number of aliphatic hydroxyl groups is 4. The van der Waals surface area contributed by atoms with Gasteiger partial charge in [0, 0.05) is 6.20 Å². The Kier molecular flexibility index (Phi) is 5.57. The summed E-state index contributed by atoms with van der Waals surface area (Å²) in [6, 6.07) is 5.34. The Hall–Kier alpha value is -2.63. The smallest absolute Gasteiger partial charge is 0.280 e. The van der Waals surface area contributed by atoms with Gasteiger partial charge in [0.1, 0.15) is 11.7 Å². The first kappa shape index (κ1) is 21.1. The lowest BCUT2D eigenvalue weighted by Gasteiger charge is -2.49. The molecule has 0 radical (unpaired) electrons. The fourth-order valence-electron chi connectivity index (χ4n) is 3.20. The van der Waals surface area contributed by atoms with Crippen molar-refractivity contribution in [3.8, 4) is 0 Å². The number of nitrogens with zero attached hydrogens (tertiary/aromatic N) is 1. The Morgan fingerprint density at radius 1 is 1.34 bits per heavy atom. The maximum atomic E-state index is 12.7. The second-order valence-electron chi connectivity index (χ2n) is 7.18. The van der Waals surface area contributed by atoms with Crippen LogP contribution < -0.4 is 10.6 Å². The number of aromatic nitrogens is 1. The van der Waals surface area contributed by atoms with E-state index in [1.54, 1.807) is 36.5 Å². The third kappa shape index (κ3) is 3.68. The summed E-state index contributed by atoms with van der Waals surface area (Å²) < 4.78 is 5.48. The average Bonchev–Trinajstić information content (AvgIpc) is 2.69. The zero-order chi connectivity index (χ0) is 21.3. The molecule has 1 aromatic heterocycles. The number of ether oxygens (including phenoxy) is 1. The van der Waals surface area contributed by atoms with Gasteiger partial charge in [-0.15, -0.1) is 0 Å². The SMILES string of the molecule is C[C@@](O)(CO)[C@@H](O)[C@@]12NC(=O)[C@@](O)(NC1=O)/C(=C/C=C/c1ccccn1)CCO2. The normalized spacial score (nSPS) is 31.7. The molecule has 3 fully saturated rings. The van der Waals surface area contributed by atoms with Gasteiger partial charge in [-0.3, -0.25) is 14.6 Å². The molecule has 0 aliphatic carbocycles. The van der Waals surface area contributed by atoms with Gasteiger partial charge >= 0.3 is 0 Å². The lowest BCUT2D eigenvalue weighted by atomic mass is 9.84. The number of carbonyl (C=O) groups excluding carboxylic acids is 2. The third-order valence-corrected chi connectivity index (χ3v) is 4.97. The van der Waals surface area contributed by atoms with E-state index < -0.39 is 41.6 Å². The molecule has 2 bridgehead atoms. The van der Waals surface area contributed by atoms with Crippen molar-refractivity contribution < 1.29 is 34.8 Å². The van der Waals surface area contributed by atoms with E-state index in [0.717, 1.165) is 6.92 Å². The first-order valence-electron chi connectivity index (χ1n) is 8.97. The highest BCUT2D eigenvalue weighted by Crippen LogP contribution is 2.33. The van der Waals surface area contributed by atoms with Crippen LogP contribution in [0.5, 0.6) is 0 Å². The predicted octanol–water partition coefficient (Wildman–Crippen LogP) is -1.82. The van der Waals surface area contributed by atoms with Crippen LogP contribution in [-0.4, -0.2) is 73.6 Å². The molecule has 10 heteroatoms. The summed E-state index contributed by atoms with van der Waals surface area (Å²) in [5.74, 6) is -2.10. The topological polar surface area (TPSA) is 161 Å². The van der Waals surface area contributed by atoms with E-state index in [0.29, 0.717) is 5.69 Å². The van der Waals surface area contributed by atoms with Gasteiger partial charge in [0.05, 0.1) is 18.9 Å². The number of aliphatic hydroxyl groups excluding tert-OH is 2. The molecule has 3 aliphatic heterocycles. The van der Waals surface area contributed by atoms with Crippen molar-refractivity contribution >= 4 is 17.9 Å². The van der Waals surface area contributed by atoms with E-state index >= 15 is 0 Å². The van der Waals surface area contributed by atoms with Gasteiger partial charge in [-0.05, 0) is 37.1 Å². The van der Waals surface area contributed by atoms with Crippen molar-refractivity contribution in [1.82, 2.24) is 15.6 Å². The Bertz CT molecular complexity index is 855. The number of amides is 2. The molecular weight excluding hydrogens is 382 g/mol. The monoisotopic (exact) mass is 405 g/mol. The first-order chi connectivity index (χ1) is 13.7. The molecule has 29 heavy (non-hydrogen) atoms. The first-order valence-corrected chi connectivity index (χ1v) is 8.97. The molecule has 4 atom stereocenters. The quantitative estimate of drug-likeness (QED) is 0.334. The van der Waals surface area contributed by atoms with Crippen molar-refractivity contribution in [2.45, 2.75) is 36.5 Å². The summed E-state index contributed by atoms with van der Waals surface area (Å²) >= 11 is 0. The summed E-state index contributed by atoms with van der Waals surface area (Å²) in [7, 11) is 0.